The zero-order chi connectivity index (χ0) is 19.0. The summed E-state index contributed by atoms with van der Waals surface area (Å²) in [7, 11) is -5.59. The molecular formula is C15H9F6NaO3S. The van der Waals surface area contributed by atoms with E-state index in [0.29, 0.717) is 24.3 Å². The number of hydrogen-bond donors (Lipinski definition) is 0. The molecule has 0 radical (unpaired) electrons. The van der Waals surface area contributed by atoms with Crippen LogP contribution in [-0.4, -0.2) is 13.0 Å². The van der Waals surface area contributed by atoms with Crippen molar-refractivity contribution in [3.05, 3.63) is 70.8 Å². The van der Waals surface area contributed by atoms with E-state index in [0.717, 1.165) is 24.3 Å². The van der Waals surface area contributed by atoms with Crippen molar-refractivity contribution >= 4 is 10.1 Å². The van der Waals surface area contributed by atoms with Gasteiger partial charge in [0.15, 0.2) is 0 Å². The van der Waals surface area contributed by atoms with E-state index in [1.165, 1.54) is 0 Å². The molecule has 0 aliphatic carbocycles. The Kier molecular flexibility index (Phi) is 6.97. The van der Waals surface area contributed by atoms with Crippen molar-refractivity contribution in [1.82, 2.24) is 0 Å². The topological polar surface area (TPSA) is 57.2 Å². The molecule has 0 aliphatic rings. The molecule has 136 valence electrons. The first-order chi connectivity index (χ1) is 11.3. The van der Waals surface area contributed by atoms with Crippen LogP contribution < -0.4 is 29.6 Å². The van der Waals surface area contributed by atoms with E-state index in [1.807, 2.05) is 0 Å². The molecule has 2 rings (SSSR count). The minimum atomic E-state index is -5.59. The SMILES string of the molecule is O=S(=O)([O-])C(c1ccccc1C(F)(F)F)c1ccccc1C(F)(F)F.[Na+]. The second-order valence-electron chi connectivity index (χ2n) is 5.04. The average molecular weight is 406 g/mol. The average Bonchev–Trinajstić information content (AvgIpc) is 2.45. The molecule has 0 atom stereocenters. The molecule has 0 heterocycles. The largest absolute Gasteiger partial charge is 1.00 e. The van der Waals surface area contributed by atoms with Crippen LogP contribution in [0.25, 0.3) is 0 Å². The van der Waals surface area contributed by atoms with Gasteiger partial charge in [-0.1, -0.05) is 36.4 Å². The van der Waals surface area contributed by atoms with Gasteiger partial charge in [0.25, 0.3) is 0 Å². The van der Waals surface area contributed by atoms with Crippen LogP contribution in [0.2, 0.25) is 0 Å². The predicted molar refractivity (Wildman–Crippen MR) is 74.4 cm³/mol. The maximum Gasteiger partial charge on any atom is 1.00 e. The maximum atomic E-state index is 13.1. The first-order valence-electron chi connectivity index (χ1n) is 6.60. The maximum absolute atomic E-state index is 13.1. The molecule has 2 aromatic rings. The van der Waals surface area contributed by atoms with E-state index >= 15 is 0 Å². The fourth-order valence-corrected chi connectivity index (χ4v) is 3.48. The number of alkyl halides is 6. The van der Waals surface area contributed by atoms with Crippen molar-refractivity contribution in [2.45, 2.75) is 17.6 Å². The molecule has 11 heteroatoms. The van der Waals surface area contributed by atoms with Crippen LogP contribution in [0.15, 0.2) is 48.5 Å². The molecule has 0 saturated heterocycles. The minimum absolute atomic E-state index is 0. The summed E-state index contributed by atoms with van der Waals surface area (Å²) in [5, 5.41) is -2.65. The standard InChI is InChI=1S/C15H10F6O3S.Na/c16-14(17,18)11-7-3-1-5-9(11)13(25(22,23)24)10-6-2-4-8-12(10)15(19,20)21;/h1-8,13H,(H,22,23,24);/q;+1/p-1. The summed E-state index contributed by atoms with van der Waals surface area (Å²) in [6.07, 6.45) is -10.1. The summed E-state index contributed by atoms with van der Waals surface area (Å²) in [5.74, 6) is 0. The smallest absolute Gasteiger partial charge is 0.747 e. The van der Waals surface area contributed by atoms with Gasteiger partial charge in [0.05, 0.1) is 11.1 Å². The van der Waals surface area contributed by atoms with Crippen LogP contribution in [0.1, 0.15) is 27.5 Å². The number of halogens is 6. The normalized spacial score (nSPS) is 12.8. The Morgan fingerprint density at radius 3 is 1.31 bits per heavy atom. The summed E-state index contributed by atoms with van der Waals surface area (Å²) >= 11 is 0. The molecular weight excluding hydrogens is 397 g/mol. The van der Waals surface area contributed by atoms with Gasteiger partial charge >= 0.3 is 41.9 Å². The van der Waals surface area contributed by atoms with E-state index in [4.69, 9.17) is 0 Å². The van der Waals surface area contributed by atoms with Crippen molar-refractivity contribution in [2.24, 2.45) is 0 Å². The van der Waals surface area contributed by atoms with Crippen LogP contribution in [0, 0.1) is 0 Å². The third kappa shape index (κ3) is 5.01. The van der Waals surface area contributed by atoms with Crippen LogP contribution in [0.5, 0.6) is 0 Å². The van der Waals surface area contributed by atoms with Gasteiger partial charge < -0.3 is 4.55 Å². The molecule has 3 nitrogen and oxygen atoms in total. The van der Waals surface area contributed by atoms with Gasteiger partial charge in [-0.25, -0.2) is 8.42 Å². The molecule has 0 amide bonds. The summed E-state index contributed by atoms with van der Waals surface area (Å²) in [5.41, 5.74) is -5.09. The number of hydrogen-bond acceptors (Lipinski definition) is 3. The first-order valence-corrected chi connectivity index (χ1v) is 8.07. The second kappa shape index (κ2) is 7.89. The molecule has 0 fully saturated rings. The van der Waals surface area contributed by atoms with Gasteiger partial charge in [-0.05, 0) is 23.3 Å². The molecule has 0 saturated carbocycles. The Morgan fingerprint density at radius 2 is 1.04 bits per heavy atom. The van der Waals surface area contributed by atoms with E-state index in [-0.39, 0.29) is 29.6 Å². The number of benzene rings is 2. The van der Waals surface area contributed by atoms with E-state index < -0.39 is 50.0 Å². The summed E-state index contributed by atoms with van der Waals surface area (Å²) in [6.45, 7) is 0. The Labute approximate surface area is 167 Å². The van der Waals surface area contributed by atoms with Crippen LogP contribution in [0.3, 0.4) is 0 Å². The second-order valence-corrected chi connectivity index (χ2v) is 6.50. The Balaban J connectivity index is 0.00000338. The van der Waals surface area contributed by atoms with Gasteiger partial charge in [0, 0.05) is 0 Å². The Bertz CT molecular complexity index is 820. The van der Waals surface area contributed by atoms with Crippen LogP contribution in [0.4, 0.5) is 26.3 Å². The fourth-order valence-electron chi connectivity index (χ4n) is 2.45. The van der Waals surface area contributed by atoms with Crippen molar-refractivity contribution < 1.29 is 68.9 Å². The zero-order valence-corrected chi connectivity index (χ0v) is 15.9. The third-order valence-corrected chi connectivity index (χ3v) is 4.47. The van der Waals surface area contributed by atoms with Gasteiger partial charge in [-0.2, -0.15) is 26.3 Å². The van der Waals surface area contributed by atoms with Gasteiger partial charge in [0.2, 0.25) is 0 Å². The van der Waals surface area contributed by atoms with Crippen molar-refractivity contribution in [3.8, 4) is 0 Å². The Hall–Kier alpha value is -1.07. The van der Waals surface area contributed by atoms with Crippen molar-refractivity contribution in [2.75, 3.05) is 0 Å². The molecule has 0 bridgehead atoms. The van der Waals surface area contributed by atoms with E-state index in [9.17, 15) is 39.3 Å². The molecule has 0 aromatic heterocycles. The molecule has 26 heavy (non-hydrogen) atoms. The number of rotatable bonds is 3. The zero-order valence-electron chi connectivity index (χ0n) is 13.1. The van der Waals surface area contributed by atoms with Crippen molar-refractivity contribution in [3.63, 3.8) is 0 Å². The minimum Gasteiger partial charge on any atom is -0.747 e. The molecule has 0 unspecified atom stereocenters. The third-order valence-electron chi connectivity index (χ3n) is 3.39. The van der Waals surface area contributed by atoms with Gasteiger partial charge in [-0.15, -0.1) is 0 Å². The summed E-state index contributed by atoms with van der Waals surface area (Å²) in [6, 6.07) is 6.27. The first kappa shape index (κ1) is 23.0. The quantitative estimate of drug-likeness (QED) is 0.440. The Morgan fingerprint density at radius 1 is 0.731 bits per heavy atom. The van der Waals surface area contributed by atoms with E-state index in [2.05, 4.69) is 0 Å². The molecule has 2 aromatic carbocycles. The molecule has 0 spiro atoms. The van der Waals surface area contributed by atoms with Gasteiger partial charge in [-0.3, -0.25) is 0 Å². The van der Waals surface area contributed by atoms with E-state index in [1.54, 1.807) is 0 Å². The van der Waals surface area contributed by atoms with Crippen LogP contribution >= 0.6 is 0 Å². The molecule has 0 aliphatic heterocycles. The summed E-state index contributed by atoms with van der Waals surface area (Å²) < 4.78 is 114. The van der Waals surface area contributed by atoms with Crippen LogP contribution in [-0.2, 0) is 22.5 Å². The van der Waals surface area contributed by atoms with Crippen molar-refractivity contribution in [1.29, 1.82) is 0 Å². The van der Waals surface area contributed by atoms with Gasteiger partial charge in [0.1, 0.15) is 15.4 Å². The fraction of sp³-hybridized carbons (Fsp3) is 0.200. The monoisotopic (exact) mass is 406 g/mol. The predicted octanol–water partition coefficient (Wildman–Crippen LogP) is 1.36. The summed E-state index contributed by atoms with van der Waals surface area (Å²) in [4.78, 5) is 0. The molecule has 0 N–H and O–H groups in total.